The molecule has 1 saturated heterocycles. The maximum absolute atomic E-state index is 4.37. The van der Waals surface area contributed by atoms with Gasteiger partial charge < -0.3 is 9.38 Å². The number of hydrogen-bond acceptors (Lipinski definition) is 2. The van der Waals surface area contributed by atoms with E-state index in [1.54, 1.807) is 0 Å². The fourth-order valence-electron chi connectivity index (χ4n) is 1.78. The van der Waals surface area contributed by atoms with Crippen LogP contribution in [0.3, 0.4) is 0 Å². The summed E-state index contributed by atoms with van der Waals surface area (Å²) in [6.45, 7) is 4.64. The molecule has 0 aromatic carbocycles. The molecule has 0 amide bonds. The van der Waals surface area contributed by atoms with Gasteiger partial charge in [-0.05, 0) is 12.1 Å². The number of anilines is 1. The number of hydrogen-bond donors (Lipinski definition) is 0. The molecule has 1 aromatic heterocycles. The topological polar surface area (TPSA) is 16.1 Å². The molecule has 2 rings (SSSR count). The van der Waals surface area contributed by atoms with Gasteiger partial charge in [0.1, 0.15) is 5.82 Å². The number of quaternary nitrogens is 1. The zero-order valence-electron chi connectivity index (χ0n) is 8.98. The van der Waals surface area contributed by atoms with E-state index in [1.165, 1.54) is 13.1 Å². The summed E-state index contributed by atoms with van der Waals surface area (Å²) in [5.74, 6) is 1.12. The number of piperazine rings is 1. The first-order valence-corrected chi connectivity index (χ1v) is 5.15. The van der Waals surface area contributed by atoms with Crippen molar-refractivity contribution in [3.8, 4) is 0 Å². The van der Waals surface area contributed by atoms with E-state index in [9.17, 15) is 0 Å². The van der Waals surface area contributed by atoms with Gasteiger partial charge in [0.15, 0.2) is 0 Å². The van der Waals surface area contributed by atoms with Crippen molar-refractivity contribution in [2.75, 3.05) is 45.2 Å². The van der Waals surface area contributed by atoms with Gasteiger partial charge in [0, 0.05) is 6.20 Å². The van der Waals surface area contributed by atoms with Crippen LogP contribution >= 0.6 is 0 Å². The molecular weight excluding hydrogens is 174 g/mol. The average molecular weight is 192 g/mol. The Balaban J connectivity index is 2.03. The van der Waals surface area contributed by atoms with Gasteiger partial charge in [-0.3, -0.25) is 0 Å². The molecule has 0 bridgehead atoms. The fourth-order valence-corrected chi connectivity index (χ4v) is 1.78. The molecule has 3 nitrogen and oxygen atoms in total. The van der Waals surface area contributed by atoms with E-state index in [4.69, 9.17) is 0 Å². The molecule has 0 aliphatic carbocycles. The Kier molecular flexibility index (Phi) is 2.42. The summed E-state index contributed by atoms with van der Waals surface area (Å²) in [4.78, 5) is 6.73. The molecule has 76 valence electrons. The normalized spacial score (nSPS) is 20.9. The third-order valence-electron chi connectivity index (χ3n) is 2.92. The number of aromatic nitrogens is 1. The highest BCUT2D eigenvalue weighted by Gasteiger charge is 2.24. The van der Waals surface area contributed by atoms with Crippen LogP contribution in [0, 0.1) is 0 Å². The standard InChI is InChI=1S/C11H18N3/c1-14(2)9-7-13(8-10-14)11-5-3-4-6-12-11/h3-6H,7-10H2,1-2H3/q+1. The molecule has 0 N–H and O–H groups in total. The Morgan fingerprint density at radius 1 is 1.21 bits per heavy atom. The molecule has 0 spiro atoms. The van der Waals surface area contributed by atoms with Gasteiger partial charge in [-0.2, -0.15) is 0 Å². The summed E-state index contributed by atoms with van der Waals surface area (Å²) < 4.78 is 1.13. The molecule has 1 aliphatic heterocycles. The molecule has 2 heterocycles. The van der Waals surface area contributed by atoms with Crippen molar-refractivity contribution < 1.29 is 4.48 Å². The Morgan fingerprint density at radius 3 is 2.50 bits per heavy atom. The van der Waals surface area contributed by atoms with Crippen molar-refractivity contribution in [1.29, 1.82) is 0 Å². The van der Waals surface area contributed by atoms with Gasteiger partial charge in [-0.25, -0.2) is 4.98 Å². The monoisotopic (exact) mass is 192 g/mol. The van der Waals surface area contributed by atoms with Gasteiger partial charge in [0.05, 0.1) is 40.3 Å². The van der Waals surface area contributed by atoms with Gasteiger partial charge in [-0.15, -0.1) is 0 Å². The summed E-state index contributed by atoms with van der Waals surface area (Å²) in [6.07, 6.45) is 1.87. The van der Waals surface area contributed by atoms with E-state index in [0.717, 1.165) is 23.4 Å². The van der Waals surface area contributed by atoms with E-state index < -0.39 is 0 Å². The van der Waals surface area contributed by atoms with E-state index in [-0.39, 0.29) is 0 Å². The van der Waals surface area contributed by atoms with Gasteiger partial charge in [0.2, 0.25) is 0 Å². The van der Waals surface area contributed by atoms with E-state index in [0.29, 0.717) is 0 Å². The Hall–Kier alpha value is -1.09. The first-order chi connectivity index (χ1) is 6.67. The SMILES string of the molecule is C[N+]1(C)CCN(c2ccccn2)CC1. The first kappa shape index (κ1) is 9.46. The van der Waals surface area contributed by atoms with Crippen LogP contribution in [-0.2, 0) is 0 Å². The molecule has 0 radical (unpaired) electrons. The maximum Gasteiger partial charge on any atom is 0.128 e. The van der Waals surface area contributed by atoms with Gasteiger partial charge >= 0.3 is 0 Å². The lowest BCUT2D eigenvalue weighted by Crippen LogP contribution is -2.55. The molecule has 1 fully saturated rings. The van der Waals surface area contributed by atoms with Crippen molar-refractivity contribution in [3.05, 3.63) is 24.4 Å². The lowest BCUT2D eigenvalue weighted by atomic mass is 10.3. The summed E-state index contributed by atoms with van der Waals surface area (Å²) in [5.41, 5.74) is 0. The average Bonchev–Trinajstić information content (AvgIpc) is 2.19. The molecule has 14 heavy (non-hydrogen) atoms. The smallest absolute Gasteiger partial charge is 0.128 e. The van der Waals surface area contributed by atoms with Crippen LogP contribution in [0.5, 0.6) is 0 Å². The molecule has 0 saturated carbocycles. The second-order valence-corrected chi connectivity index (χ2v) is 4.56. The summed E-state index contributed by atoms with van der Waals surface area (Å²) in [6, 6.07) is 6.11. The predicted octanol–water partition coefficient (Wildman–Crippen LogP) is 0.978. The Bertz CT molecular complexity index is 285. The van der Waals surface area contributed by atoms with Crippen LogP contribution in [-0.4, -0.2) is 49.7 Å². The molecule has 0 atom stereocenters. The van der Waals surface area contributed by atoms with Crippen molar-refractivity contribution in [1.82, 2.24) is 4.98 Å². The lowest BCUT2D eigenvalue weighted by Gasteiger charge is -2.39. The van der Waals surface area contributed by atoms with Crippen LogP contribution in [0.4, 0.5) is 5.82 Å². The second kappa shape index (κ2) is 3.58. The Morgan fingerprint density at radius 2 is 1.93 bits per heavy atom. The van der Waals surface area contributed by atoms with Crippen LogP contribution in [0.25, 0.3) is 0 Å². The molecule has 3 heteroatoms. The lowest BCUT2D eigenvalue weighted by molar-refractivity contribution is -0.890. The zero-order valence-corrected chi connectivity index (χ0v) is 8.98. The minimum absolute atomic E-state index is 1.12. The van der Waals surface area contributed by atoms with Crippen molar-refractivity contribution in [2.45, 2.75) is 0 Å². The van der Waals surface area contributed by atoms with E-state index in [2.05, 4.69) is 36.1 Å². The zero-order chi connectivity index (χ0) is 10.0. The van der Waals surface area contributed by atoms with E-state index >= 15 is 0 Å². The molecule has 0 unspecified atom stereocenters. The van der Waals surface area contributed by atoms with Gasteiger partial charge in [-0.1, -0.05) is 6.07 Å². The molecular formula is C11H18N3+. The van der Waals surface area contributed by atoms with Crippen LogP contribution in [0.2, 0.25) is 0 Å². The number of pyridine rings is 1. The number of rotatable bonds is 1. The number of likely N-dealkylation sites (N-methyl/N-ethyl adjacent to an activating group) is 1. The van der Waals surface area contributed by atoms with Crippen molar-refractivity contribution >= 4 is 5.82 Å². The van der Waals surface area contributed by atoms with Crippen LogP contribution in [0.1, 0.15) is 0 Å². The first-order valence-electron chi connectivity index (χ1n) is 5.15. The summed E-state index contributed by atoms with van der Waals surface area (Å²) >= 11 is 0. The number of nitrogens with zero attached hydrogens (tertiary/aromatic N) is 3. The summed E-state index contributed by atoms with van der Waals surface area (Å²) in [7, 11) is 4.57. The largest absolute Gasteiger partial charge is 0.345 e. The quantitative estimate of drug-likeness (QED) is 0.617. The fraction of sp³-hybridized carbons (Fsp3) is 0.545. The van der Waals surface area contributed by atoms with Crippen LogP contribution in [0.15, 0.2) is 24.4 Å². The van der Waals surface area contributed by atoms with E-state index in [1.807, 2.05) is 12.3 Å². The van der Waals surface area contributed by atoms with Crippen molar-refractivity contribution in [3.63, 3.8) is 0 Å². The molecule has 1 aliphatic rings. The van der Waals surface area contributed by atoms with Crippen molar-refractivity contribution in [2.24, 2.45) is 0 Å². The second-order valence-electron chi connectivity index (χ2n) is 4.56. The van der Waals surface area contributed by atoms with Crippen LogP contribution < -0.4 is 4.90 Å². The Labute approximate surface area is 85.6 Å². The minimum Gasteiger partial charge on any atom is -0.345 e. The predicted molar refractivity (Wildman–Crippen MR) is 58.3 cm³/mol. The highest BCUT2D eigenvalue weighted by Crippen LogP contribution is 2.14. The highest BCUT2D eigenvalue weighted by atomic mass is 15.4. The summed E-state index contributed by atoms with van der Waals surface area (Å²) in [5, 5.41) is 0. The molecule has 1 aromatic rings. The maximum atomic E-state index is 4.37. The van der Waals surface area contributed by atoms with Gasteiger partial charge in [0.25, 0.3) is 0 Å². The third-order valence-corrected chi connectivity index (χ3v) is 2.92. The highest BCUT2D eigenvalue weighted by molar-refractivity contribution is 5.37. The minimum atomic E-state index is 1.12. The third kappa shape index (κ3) is 2.04.